The molecular formula is C15H28BrN3O2. The molecule has 0 bridgehead atoms. The van der Waals surface area contributed by atoms with Crippen molar-refractivity contribution in [2.75, 3.05) is 26.9 Å². The van der Waals surface area contributed by atoms with Gasteiger partial charge >= 0.3 is 0 Å². The van der Waals surface area contributed by atoms with Gasteiger partial charge in [0.2, 0.25) is 0 Å². The third-order valence-corrected chi connectivity index (χ3v) is 4.01. The summed E-state index contributed by atoms with van der Waals surface area (Å²) in [4.78, 5) is 0. The molecular weight excluding hydrogens is 334 g/mol. The summed E-state index contributed by atoms with van der Waals surface area (Å²) in [6.07, 6.45) is 1.95. The number of aromatic nitrogens is 2. The highest BCUT2D eigenvalue weighted by atomic mass is 79.9. The van der Waals surface area contributed by atoms with Gasteiger partial charge < -0.3 is 14.8 Å². The van der Waals surface area contributed by atoms with Gasteiger partial charge in [0.05, 0.1) is 41.7 Å². The molecule has 6 heteroatoms. The van der Waals surface area contributed by atoms with Crippen LogP contribution in [0.4, 0.5) is 0 Å². The Kier molecular flexibility index (Phi) is 8.48. The Balaban J connectivity index is 3.11. The number of hydrogen-bond donors (Lipinski definition) is 1. The summed E-state index contributed by atoms with van der Waals surface area (Å²) in [5.41, 5.74) is 1.13. The molecule has 0 radical (unpaired) electrons. The maximum atomic E-state index is 6.00. The van der Waals surface area contributed by atoms with E-state index in [0.29, 0.717) is 19.1 Å². The third-order valence-electron chi connectivity index (χ3n) is 3.40. The van der Waals surface area contributed by atoms with Gasteiger partial charge in [-0.05, 0) is 35.3 Å². The van der Waals surface area contributed by atoms with Crippen molar-refractivity contribution in [1.82, 2.24) is 15.1 Å². The van der Waals surface area contributed by atoms with Crippen molar-refractivity contribution < 1.29 is 9.47 Å². The van der Waals surface area contributed by atoms with E-state index in [1.807, 2.05) is 17.8 Å². The fraction of sp³-hybridized carbons (Fsp3) is 0.800. The Morgan fingerprint density at radius 3 is 2.62 bits per heavy atom. The van der Waals surface area contributed by atoms with Crippen molar-refractivity contribution >= 4 is 15.9 Å². The van der Waals surface area contributed by atoms with Crippen molar-refractivity contribution in [2.24, 2.45) is 5.92 Å². The lowest BCUT2D eigenvalue weighted by molar-refractivity contribution is 0.000653. The maximum Gasteiger partial charge on any atom is 0.0808 e. The Bertz CT molecular complexity index is 410. The van der Waals surface area contributed by atoms with Crippen LogP contribution in [0.3, 0.4) is 0 Å². The number of hydrogen-bond acceptors (Lipinski definition) is 4. The van der Waals surface area contributed by atoms with E-state index in [1.54, 1.807) is 7.11 Å². The molecule has 1 N–H and O–H groups in total. The second kappa shape index (κ2) is 9.56. The molecule has 1 aromatic heterocycles. The number of halogens is 1. The van der Waals surface area contributed by atoms with Crippen LogP contribution in [-0.2, 0) is 16.0 Å². The molecule has 2 atom stereocenters. The summed E-state index contributed by atoms with van der Waals surface area (Å²) in [7, 11) is 1.71. The van der Waals surface area contributed by atoms with Gasteiger partial charge in [0.25, 0.3) is 0 Å². The van der Waals surface area contributed by atoms with Gasteiger partial charge in [-0.25, -0.2) is 0 Å². The Labute approximate surface area is 136 Å². The van der Waals surface area contributed by atoms with Crippen LogP contribution in [0.15, 0.2) is 10.7 Å². The highest BCUT2D eigenvalue weighted by Crippen LogP contribution is 2.30. The van der Waals surface area contributed by atoms with Crippen molar-refractivity contribution in [3.8, 4) is 0 Å². The summed E-state index contributed by atoms with van der Waals surface area (Å²) >= 11 is 3.63. The van der Waals surface area contributed by atoms with E-state index in [1.165, 1.54) is 0 Å². The minimum absolute atomic E-state index is 0.101. The first kappa shape index (κ1) is 18.6. The number of likely N-dealkylation sites (N-methyl/N-ethyl adjacent to an activating group) is 1. The predicted molar refractivity (Wildman–Crippen MR) is 88.5 cm³/mol. The quantitative estimate of drug-likeness (QED) is 0.695. The number of nitrogens with zero attached hydrogens (tertiary/aromatic N) is 2. The summed E-state index contributed by atoms with van der Waals surface area (Å²) in [6.45, 7) is 11.5. The summed E-state index contributed by atoms with van der Waals surface area (Å²) < 4.78 is 14.2. The fourth-order valence-corrected chi connectivity index (χ4v) is 3.03. The van der Waals surface area contributed by atoms with Gasteiger partial charge in [0.1, 0.15) is 0 Å². The summed E-state index contributed by atoms with van der Waals surface area (Å²) in [5, 5.41) is 8.00. The zero-order chi connectivity index (χ0) is 15.8. The molecule has 0 aliphatic rings. The number of nitrogens with one attached hydrogen (secondary N) is 1. The summed E-state index contributed by atoms with van der Waals surface area (Å²) in [6, 6.07) is 0.101. The van der Waals surface area contributed by atoms with Crippen molar-refractivity contribution in [3.63, 3.8) is 0 Å². The molecule has 1 rings (SSSR count). The van der Waals surface area contributed by atoms with Crippen molar-refractivity contribution in [2.45, 2.75) is 46.4 Å². The van der Waals surface area contributed by atoms with Gasteiger partial charge in [-0.3, -0.25) is 4.68 Å². The molecule has 0 aliphatic carbocycles. The van der Waals surface area contributed by atoms with Gasteiger partial charge in [-0.2, -0.15) is 5.10 Å². The van der Waals surface area contributed by atoms with Gasteiger partial charge in [0, 0.05) is 13.7 Å². The molecule has 0 saturated heterocycles. The van der Waals surface area contributed by atoms with E-state index in [2.05, 4.69) is 47.1 Å². The normalized spacial score (nSPS) is 14.6. The van der Waals surface area contributed by atoms with Crippen LogP contribution in [0.2, 0.25) is 0 Å². The first-order chi connectivity index (χ1) is 10.1. The predicted octanol–water partition coefficient (Wildman–Crippen LogP) is 3.00. The monoisotopic (exact) mass is 361 g/mol. The Morgan fingerprint density at radius 1 is 1.38 bits per heavy atom. The van der Waals surface area contributed by atoms with E-state index < -0.39 is 0 Å². The Morgan fingerprint density at radius 2 is 2.10 bits per heavy atom. The van der Waals surface area contributed by atoms with E-state index in [0.717, 1.165) is 23.3 Å². The van der Waals surface area contributed by atoms with E-state index in [4.69, 9.17) is 9.47 Å². The zero-order valence-corrected chi connectivity index (χ0v) is 15.3. The van der Waals surface area contributed by atoms with Crippen molar-refractivity contribution in [3.05, 3.63) is 16.4 Å². The first-order valence-corrected chi connectivity index (χ1v) is 8.41. The maximum absolute atomic E-state index is 6.00. The SMILES string of the molecule is CCNC(c1c(Br)cnn1CCOC)C(OCC)C(C)C. The summed E-state index contributed by atoms with van der Waals surface area (Å²) in [5.74, 6) is 0.409. The van der Waals surface area contributed by atoms with Crippen molar-refractivity contribution in [1.29, 1.82) is 0 Å². The molecule has 1 aromatic rings. The number of methoxy groups -OCH3 is 1. The van der Waals surface area contributed by atoms with Crippen LogP contribution in [-0.4, -0.2) is 42.8 Å². The molecule has 0 aromatic carbocycles. The van der Waals surface area contributed by atoms with E-state index in [-0.39, 0.29) is 12.1 Å². The lowest BCUT2D eigenvalue weighted by atomic mass is 9.96. The molecule has 21 heavy (non-hydrogen) atoms. The average molecular weight is 362 g/mol. The lowest BCUT2D eigenvalue weighted by Crippen LogP contribution is -2.39. The topological polar surface area (TPSA) is 48.3 Å². The minimum atomic E-state index is 0.101. The smallest absolute Gasteiger partial charge is 0.0808 e. The second-order valence-corrected chi connectivity index (χ2v) is 6.15. The molecule has 1 heterocycles. The minimum Gasteiger partial charge on any atom is -0.383 e. The Hall–Kier alpha value is -0.430. The first-order valence-electron chi connectivity index (χ1n) is 7.61. The molecule has 0 spiro atoms. The largest absolute Gasteiger partial charge is 0.383 e. The van der Waals surface area contributed by atoms with Gasteiger partial charge in [0.15, 0.2) is 0 Å². The molecule has 0 aliphatic heterocycles. The van der Waals surface area contributed by atoms with Crippen LogP contribution >= 0.6 is 15.9 Å². The molecule has 0 amide bonds. The van der Waals surface area contributed by atoms with Crippen LogP contribution in [0, 0.1) is 5.92 Å². The van der Waals surface area contributed by atoms with E-state index in [9.17, 15) is 0 Å². The number of rotatable bonds is 10. The molecule has 0 saturated carbocycles. The average Bonchev–Trinajstić information content (AvgIpc) is 2.81. The molecule has 122 valence electrons. The van der Waals surface area contributed by atoms with E-state index >= 15 is 0 Å². The number of ether oxygens (including phenoxy) is 2. The standard InChI is InChI=1S/C15H28BrN3O2/c1-6-17-13(15(11(3)4)21-7-2)14-12(16)10-18-19(14)8-9-20-5/h10-11,13,15,17H,6-9H2,1-5H3. The fourth-order valence-electron chi connectivity index (χ4n) is 2.49. The van der Waals surface area contributed by atoms with Crippen LogP contribution < -0.4 is 5.32 Å². The molecule has 5 nitrogen and oxygen atoms in total. The third kappa shape index (κ3) is 5.06. The second-order valence-electron chi connectivity index (χ2n) is 5.29. The van der Waals surface area contributed by atoms with Crippen LogP contribution in [0.5, 0.6) is 0 Å². The molecule has 0 fully saturated rings. The lowest BCUT2D eigenvalue weighted by Gasteiger charge is -2.31. The van der Waals surface area contributed by atoms with Gasteiger partial charge in [-0.15, -0.1) is 0 Å². The van der Waals surface area contributed by atoms with Crippen LogP contribution in [0.25, 0.3) is 0 Å². The van der Waals surface area contributed by atoms with Gasteiger partial charge in [-0.1, -0.05) is 20.8 Å². The highest BCUT2D eigenvalue weighted by Gasteiger charge is 2.30. The zero-order valence-electron chi connectivity index (χ0n) is 13.7. The molecule has 2 unspecified atom stereocenters. The van der Waals surface area contributed by atoms with Crippen LogP contribution in [0.1, 0.15) is 39.4 Å². The highest BCUT2D eigenvalue weighted by molar-refractivity contribution is 9.10.